The lowest BCUT2D eigenvalue weighted by Gasteiger charge is -2.02. The van der Waals surface area contributed by atoms with Crippen LogP contribution in [0.2, 0.25) is 0 Å². The Morgan fingerprint density at radius 2 is 2.00 bits per heavy atom. The van der Waals surface area contributed by atoms with Crippen LogP contribution in [0.1, 0.15) is 5.69 Å². The predicted molar refractivity (Wildman–Crippen MR) is 87.3 cm³/mol. The summed E-state index contributed by atoms with van der Waals surface area (Å²) in [5.41, 5.74) is 2.28. The topological polar surface area (TPSA) is 90.7 Å². The molecule has 1 N–H and O–H groups in total. The van der Waals surface area contributed by atoms with Crippen molar-refractivity contribution in [1.82, 2.24) is 19.8 Å². The fourth-order valence-electron chi connectivity index (χ4n) is 1.78. The van der Waals surface area contributed by atoms with E-state index in [0.717, 1.165) is 5.69 Å². The maximum atomic E-state index is 11.2. The van der Waals surface area contributed by atoms with Crippen molar-refractivity contribution >= 4 is 35.0 Å². The Morgan fingerprint density at radius 1 is 1.27 bits per heavy atom. The van der Waals surface area contributed by atoms with E-state index in [1.807, 2.05) is 31.3 Å². The fourth-order valence-corrected chi connectivity index (χ4v) is 1.78. The van der Waals surface area contributed by atoms with Crippen LogP contribution in [0.4, 0.5) is 11.5 Å². The van der Waals surface area contributed by atoms with Crippen LogP contribution in [0.25, 0.3) is 17.1 Å². The molecule has 0 aliphatic carbocycles. The third-order valence-electron chi connectivity index (χ3n) is 2.74. The van der Waals surface area contributed by atoms with Crippen molar-refractivity contribution in [1.29, 1.82) is 0 Å². The van der Waals surface area contributed by atoms with E-state index in [1.54, 1.807) is 31.1 Å². The molecule has 116 valence electrons. The number of nitro groups is 1. The summed E-state index contributed by atoms with van der Waals surface area (Å²) in [6.07, 6.45) is 5.26. The number of nitrogens with one attached hydrogen (secondary N) is 1. The standard InChI is InChI=1S/C14H18N6O2/c1-18(2)6-5-10-7-11-12(16-10)8-13(15-9-19(3)4)14(17-11)20(21)22/h5-9,16H,1-4H3. The average Bonchev–Trinajstić information content (AvgIpc) is 2.83. The molecule has 0 saturated heterocycles. The number of fused-ring (bicyclic) bond motifs is 1. The molecule has 22 heavy (non-hydrogen) atoms. The van der Waals surface area contributed by atoms with Crippen LogP contribution in [0.5, 0.6) is 0 Å². The molecule has 0 aromatic carbocycles. The molecule has 0 saturated carbocycles. The lowest BCUT2D eigenvalue weighted by atomic mass is 10.3. The van der Waals surface area contributed by atoms with Gasteiger partial charge >= 0.3 is 5.82 Å². The first kappa shape index (κ1) is 15.5. The molecule has 2 heterocycles. The van der Waals surface area contributed by atoms with Gasteiger partial charge in [-0.1, -0.05) is 0 Å². The van der Waals surface area contributed by atoms with Gasteiger partial charge < -0.3 is 24.9 Å². The van der Waals surface area contributed by atoms with Crippen molar-refractivity contribution in [3.05, 3.63) is 34.1 Å². The molecule has 0 fully saturated rings. The smallest absolute Gasteiger partial charge is 0.383 e. The molecule has 2 aromatic heterocycles. The van der Waals surface area contributed by atoms with E-state index in [2.05, 4.69) is 15.0 Å². The lowest BCUT2D eigenvalue weighted by Crippen LogP contribution is -2.07. The highest BCUT2D eigenvalue weighted by Crippen LogP contribution is 2.29. The van der Waals surface area contributed by atoms with Crippen molar-refractivity contribution < 1.29 is 4.92 Å². The van der Waals surface area contributed by atoms with Crippen LogP contribution in [0.15, 0.2) is 23.3 Å². The van der Waals surface area contributed by atoms with Gasteiger partial charge in [0.2, 0.25) is 5.52 Å². The van der Waals surface area contributed by atoms with Crippen LogP contribution >= 0.6 is 0 Å². The van der Waals surface area contributed by atoms with Crippen molar-refractivity contribution in [3.63, 3.8) is 0 Å². The van der Waals surface area contributed by atoms with Gasteiger partial charge in [0.05, 0.1) is 11.9 Å². The Labute approximate surface area is 127 Å². The molecule has 0 radical (unpaired) electrons. The first-order valence-electron chi connectivity index (χ1n) is 6.60. The number of aromatic amines is 1. The van der Waals surface area contributed by atoms with E-state index in [0.29, 0.717) is 11.0 Å². The van der Waals surface area contributed by atoms with E-state index >= 15 is 0 Å². The summed E-state index contributed by atoms with van der Waals surface area (Å²) in [6.45, 7) is 0. The van der Waals surface area contributed by atoms with Gasteiger partial charge in [-0.2, -0.15) is 0 Å². The SMILES string of the molecule is CN(C)C=Cc1cc2nc([N+](=O)[O-])c(N=CN(C)C)cc2[nH]1. The third kappa shape index (κ3) is 3.60. The second kappa shape index (κ2) is 6.25. The molecule has 8 heteroatoms. The van der Waals surface area contributed by atoms with Gasteiger partial charge in [-0.05, 0) is 16.0 Å². The van der Waals surface area contributed by atoms with Gasteiger partial charge in [0.25, 0.3) is 0 Å². The van der Waals surface area contributed by atoms with Crippen LogP contribution in [-0.2, 0) is 0 Å². The van der Waals surface area contributed by atoms with Crippen molar-refractivity contribution in [2.75, 3.05) is 28.2 Å². The van der Waals surface area contributed by atoms with Crippen molar-refractivity contribution in [2.24, 2.45) is 4.99 Å². The maximum absolute atomic E-state index is 11.2. The monoisotopic (exact) mass is 302 g/mol. The summed E-state index contributed by atoms with van der Waals surface area (Å²) in [4.78, 5) is 25.6. The van der Waals surface area contributed by atoms with Gasteiger partial charge in [0, 0.05) is 52.2 Å². The molecule has 0 bridgehead atoms. The zero-order valence-electron chi connectivity index (χ0n) is 12.9. The Balaban J connectivity index is 2.51. The molecular weight excluding hydrogens is 284 g/mol. The summed E-state index contributed by atoms with van der Waals surface area (Å²) < 4.78 is 0. The highest BCUT2D eigenvalue weighted by atomic mass is 16.6. The van der Waals surface area contributed by atoms with Crippen molar-refractivity contribution in [2.45, 2.75) is 0 Å². The van der Waals surface area contributed by atoms with Gasteiger partial charge in [0.15, 0.2) is 5.69 Å². The molecule has 0 atom stereocenters. The summed E-state index contributed by atoms with van der Waals surface area (Å²) >= 11 is 0. The normalized spacial score (nSPS) is 11.6. The second-order valence-corrected chi connectivity index (χ2v) is 5.23. The minimum atomic E-state index is -0.524. The zero-order valence-corrected chi connectivity index (χ0v) is 12.9. The Kier molecular flexibility index (Phi) is 4.40. The molecule has 0 aliphatic rings. The van der Waals surface area contributed by atoms with Crippen molar-refractivity contribution in [3.8, 4) is 0 Å². The molecule has 0 spiro atoms. The maximum Gasteiger partial charge on any atom is 0.390 e. The van der Waals surface area contributed by atoms with Crippen LogP contribution in [-0.4, -0.2) is 59.2 Å². The lowest BCUT2D eigenvalue weighted by molar-refractivity contribution is -0.388. The molecule has 0 amide bonds. The quantitative estimate of drug-likeness (QED) is 0.396. The molecule has 0 aliphatic heterocycles. The Morgan fingerprint density at radius 3 is 2.59 bits per heavy atom. The fraction of sp³-hybridized carbons (Fsp3) is 0.286. The molecular formula is C14H18N6O2. The van der Waals surface area contributed by atoms with Gasteiger partial charge in [0.1, 0.15) is 0 Å². The van der Waals surface area contributed by atoms with Crippen LogP contribution < -0.4 is 0 Å². The van der Waals surface area contributed by atoms with E-state index in [9.17, 15) is 10.1 Å². The Hall–Kier alpha value is -2.90. The minimum absolute atomic E-state index is 0.219. The number of rotatable bonds is 5. The molecule has 8 nitrogen and oxygen atoms in total. The zero-order chi connectivity index (χ0) is 16.3. The largest absolute Gasteiger partial charge is 0.390 e. The number of pyridine rings is 1. The highest BCUT2D eigenvalue weighted by Gasteiger charge is 2.18. The summed E-state index contributed by atoms with van der Waals surface area (Å²) in [7, 11) is 7.41. The van der Waals surface area contributed by atoms with E-state index in [-0.39, 0.29) is 11.5 Å². The van der Waals surface area contributed by atoms with Gasteiger partial charge in [-0.25, -0.2) is 4.99 Å². The van der Waals surface area contributed by atoms with E-state index in [4.69, 9.17) is 0 Å². The molecule has 2 aromatic rings. The molecule has 0 unspecified atom stereocenters. The first-order chi connectivity index (χ1) is 10.4. The number of H-pyrrole nitrogens is 1. The van der Waals surface area contributed by atoms with E-state index < -0.39 is 4.92 Å². The van der Waals surface area contributed by atoms with Crippen LogP contribution in [0, 0.1) is 10.1 Å². The molecule has 2 rings (SSSR count). The predicted octanol–water partition coefficient (Wildman–Crippen LogP) is 2.22. The first-order valence-corrected chi connectivity index (χ1v) is 6.60. The number of hydrogen-bond acceptors (Lipinski definition) is 5. The van der Waals surface area contributed by atoms with Gasteiger partial charge in [-0.15, -0.1) is 0 Å². The number of nitrogens with zero attached hydrogens (tertiary/aromatic N) is 5. The third-order valence-corrected chi connectivity index (χ3v) is 2.74. The summed E-state index contributed by atoms with van der Waals surface area (Å²) in [5.74, 6) is -0.257. The number of aliphatic imine (C=N–C) groups is 1. The Bertz CT molecular complexity index is 745. The van der Waals surface area contributed by atoms with Gasteiger partial charge in [-0.3, -0.25) is 0 Å². The van der Waals surface area contributed by atoms with Crippen LogP contribution in [0.3, 0.4) is 0 Å². The number of hydrogen-bond donors (Lipinski definition) is 1. The second-order valence-electron chi connectivity index (χ2n) is 5.23. The average molecular weight is 302 g/mol. The summed E-state index contributed by atoms with van der Waals surface area (Å²) in [5, 5.41) is 11.2. The number of aromatic nitrogens is 2. The van der Waals surface area contributed by atoms with E-state index in [1.165, 1.54) is 6.34 Å². The minimum Gasteiger partial charge on any atom is -0.383 e. The highest BCUT2D eigenvalue weighted by molar-refractivity contribution is 5.84. The summed E-state index contributed by atoms with van der Waals surface area (Å²) in [6, 6.07) is 3.40.